The molecule has 0 unspecified atom stereocenters. The second-order valence-corrected chi connectivity index (χ2v) is 6.35. The Kier molecular flexibility index (Phi) is 4.20. The summed E-state index contributed by atoms with van der Waals surface area (Å²) in [4.78, 5) is 12.6. The maximum absolute atomic E-state index is 12.6. The summed E-state index contributed by atoms with van der Waals surface area (Å²) in [5.74, 6) is 1.20. The molecule has 0 bridgehead atoms. The molecular weight excluding hydrogens is 288 g/mol. The Balaban J connectivity index is 2.11. The summed E-state index contributed by atoms with van der Waals surface area (Å²) in [7, 11) is 0. The minimum absolute atomic E-state index is 0.196. The van der Waals surface area contributed by atoms with E-state index in [9.17, 15) is 4.79 Å². The van der Waals surface area contributed by atoms with E-state index in [1.165, 1.54) is 0 Å². The Labute approximate surface area is 135 Å². The molecule has 3 rings (SSSR count). The highest BCUT2D eigenvalue weighted by Gasteiger charge is 2.28. The molecule has 2 aromatic rings. The molecule has 0 aliphatic heterocycles. The molecule has 4 heteroatoms. The lowest BCUT2D eigenvalue weighted by Gasteiger charge is -2.17. The summed E-state index contributed by atoms with van der Waals surface area (Å²) in [5, 5.41) is 9.12. The normalized spacial score (nSPS) is 13.8. The monoisotopic (exact) mass is 308 g/mol. The highest BCUT2D eigenvalue weighted by atomic mass is 16.5. The molecule has 0 N–H and O–H groups in total. The van der Waals surface area contributed by atoms with Gasteiger partial charge in [0.1, 0.15) is 17.4 Å². The quantitative estimate of drug-likeness (QED) is 0.845. The number of benzene rings is 1. The molecule has 0 amide bonds. The van der Waals surface area contributed by atoms with Crippen LogP contribution in [0.2, 0.25) is 0 Å². The molecule has 1 aliphatic rings. The molecule has 0 radical (unpaired) electrons. The largest absolute Gasteiger partial charge is 0.493 e. The van der Waals surface area contributed by atoms with Crippen LogP contribution < -0.4 is 10.3 Å². The van der Waals surface area contributed by atoms with Gasteiger partial charge in [-0.15, -0.1) is 0 Å². The van der Waals surface area contributed by atoms with E-state index in [2.05, 4.69) is 13.8 Å². The fourth-order valence-electron chi connectivity index (χ4n) is 2.61. The van der Waals surface area contributed by atoms with Crippen molar-refractivity contribution in [2.24, 2.45) is 5.92 Å². The first-order valence-corrected chi connectivity index (χ1v) is 7.99. The van der Waals surface area contributed by atoms with Crippen LogP contribution >= 0.6 is 0 Å². The van der Waals surface area contributed by atoms with Gasteiger partial charge in [0.25, 0.3) is 5.56 Å². The number of para-hydroxylation sites is 1. The van der Waals surface area contributed by atoms with Crippen LogP contribution in [-0.4, -0.2) is 11.2 Å². The van der Waals surface area contributed by atoms with Gasteiger partial charge in [-0.05, 0) is 43.0 Å². The van der Waals surface area contributed by atoms with E-state index in [-0.39, 0.29) is 17.2 Å². The Morgan fingerprint density at radius 3 is 2.65 bits per heavy atom. The maximum Gasteiger partial charge on any atom is 0.269 e. The number of ether oxygens (including phenoxy) is 1. The molecule has 1 fully saturated rings. The standard InChI is InChI=1S/C19H20N2O2/c1-13(2)12-23-18-6-4-3-5-16(18)17-10-7-14(11-20)19(22)21(17)15-8-9-15/h3-7,10,13,15H,8-9,12H2,1-2H3. The van der Waals surface area contributed by atoms with E-state index < -0.39 is 0 Å². The molecule has 23 heavy (non-hydrogen) atoms. The molecule has 1 saturated carbocycles. The number of pyridine rings is 1. The zero-order valence-corrected chi connectivity index (χ0v) is 13.5. The van der Waals surface area contributed by atoms with Crippen molar-refractivity contribution >= 4 is 0 Å². The lowest BCUT2D eigenvalue weighted by atomic mass is 10.1. The summed E-state index contributed by atoms with van der Waals surface area (Å²) < 4.78 is 7.68. The van der Waals surface area contributed by atoms with Crippen LogP contribution in [0, 0.1) is 17.2 Å². The third-order valence-electron chi connectivity index (χ3n) is 3.88. The Morgan fingerprint density at radius 1 is 1.26 bits per heavy atom. The van der Waals surface area contributed by atoms with E-state index >= 15 is 0 Å². The number of rotatable bonds is 5. The third-order valence-corrected chi connectivity index (χ3v) is 3.88. The lowest BCUT2D eigenvalue weighted by molar-refractivity contribution is 0.272. The fourth-order valence-corrected chi connectivity index (χ4v) is 2.61. The molecule has 0 saturated heterocycles. The topological polar surface area (TPSA) is 55.0 Å². The number of hydrogen-bond acceptors (Lipinski definition) is 3. The molecule has 4 nitrogen and oxygen atoms in total. The average molecular weight is 308 g/mol. The SMILES string of the molecule is CC(C)COc1ccccc1-c1ccc(C#N)c(=O)n1C1CC1. The summed E-state index contributed by atoms with van der Waals surface area (Å²) in [6, 6.07) is 13.4. The van der Waals surface area contributed by atoms with Gasteiger partial charge in [-0.25, -0.2) is 0 Å². The van der Waals surface area contributed by atoms with Gasteiger partial charge in [0.15, 0.2) is 0 Å². The van der Waals surface area contributed by atoms with Gasteiger partial charge >= 0.3 is 0 Å². The third kappa shape index (κ3) is 3.14. The average Bonchev–Trinajstić information content (AvgIpc) is 3.37. The summed E-state index contributed by atoms with van der Waals surface area (Å²) in [6.45, 7) is 4.83. The van der Waals surface area contributed by atoms with E-state index in [1.54, 1.807) is 10.6 Å². The van der Waals surface area contributed by atoms with Gasteiger partial charge in [-0.1, -0.05) is 26.0 Å². The van der Waals surface area contributed by atoms with Crippen LogP contribution in [0.25, 0.3) is 11.3 Å². The van der Waals surface area contributed by atoms with Crippen molar-refractivity contribution in [2.75, 3.05) is 6.61 Å². The van der Waals surface area contributed by atoms with Gasteiger partial charge in [0.2, 0.25) is 0 Å². The van der Waals surface area contributed by atoms with Crippen LogP contribution in [0.4, 0.5) is 0 Å². The van der Waals surface area contributed by atoms with Crippen molar-refractivity contribution in [3.05, 3.63) is 52.3 Å². The Bertz CT molecular complexity index is 811. The molecule has 1 aliphatic carbocycles. The molecule has 1 aromatic heterocycles. The summed E-state index contributed by atoms with van der Waals surface area (Å²) in [6.07, 6.45) is 1.97. The fraction of sp³-hybridized carbons (Fsp3) is 0.368. The van der Waals surface area contributed by atoms with E-state index in [0.29, 0.717) is 12.5 Å². The molecule has 1 heterocycles. The highest BCUT2D eigenvalue weighted by molar-refractivity contribution is 5.68. The van der Waals surface area contributed by atoms with Crippen LogP contribution in [-0.2, 0) is 0 Å². The first-order valence-electron chi connectivity index (χ1n) is 7.99. The Hall–Kier alpha value is -2.54. The van der Waals surface area contributed by atoms with E-state index in [1.807, 2.05) is 36.4 Å². The minimum Gasteiger partial charge on any atom is -0.493 e. The smallest absolute Gasteiger partial charge is 0.269 e. The molecule has 0 spiro atoms. The van der Waals surface area contributed by atoms with Crippen LogP contribution in [0.1, 0.15) is 38.3 Å². The van der Waals surface area contributed by atoms with Crippen molar-refractivity contribution in [1.82, 2.24) is 4.57 Å². The predicted molar refractivity (Wildman–Crippen MR) is 89.5 cm³/mol. The molecular formula is C19H20N2O2. The molecule has 118 valence electrons. The first kappa shape index (κ1) is 15.4. The van der Waals surface area contributed by atoms with Gasteiger partial charge in [0.05, 0.1) is 12.3 Å². The van der Waals surface area contributed by atoms with Crippen molar-refractivity contribution in [1.29, 1.82) is 5.26 Å². The van der Waals surface area contributed by atoms with Gasteiger partial charge in [-0.3, -0.25) is 4.79 Å². The second-order valence-electron chi connectivity index (χ2n) is 6.35. The molecule has 1 aromatic carbocycles. The number of aromatic nitrogens is 1. The van der Waals surface area contributed by atoms with Gasteiger partial charge in [-0.2, -0.15) is 5.26 Å². The van der Waals surface area contributed by atoms with Gasteiger partial charge < -0.3 is 9.30 Å². The minimum atomic E-state index is -0.203. The zero-order valence-electron chi connectivity index (χ0n) is 13.5. The molecule has 0 atom stereocenters. The maximum atomic E-state index is 12.6. The van der Waals surface area contributed by atoms with Crippen molar-refractivity contribution in [3.8, 4) is 23.1 Å². The van der Waals surface area contributed by atoms with E-state index in [4.69, 9.17) is 10.00 Å². The van der Waals surface area contributed by atoms with Crippen molar-refractivity contribution in [2.45, 2.75) is 32.7 Å². The summed E-state index contributed by atoms with van der Waals surface area (Å²) >= 11 is 0. The number of hydrogen-bond donors (Lipinski definition) is 0. The summed E-state index contributed by atoms with van der Waals surface area (Å²) in [5.41, 5.74) is 1.73. The van der Waals surface area contributed by atoms with Crippen LogP contribution in [0.5, 0.6) is 5.75 Å². The zero-order chi connectivity index (χ0) is 16.4. The van der Waals surface area contributed by atoms with Crippen LogP contribution in [0.3, 0.4) is 0 Å². The lowest BCUT2D eigenvalue weighted by Crippen LogP contribution is -2.23. The number of nitriles is 1. The van der Waals surface area contributed by atoms with E-state index in [0.717, 1.165) is 29.8 Å². The Morgan fingerprint density at radius 2 is 2.00 bits per heavy atom. The van der Waals surface area contributed by atoms with Crippen LogP contribution in [0.15, 0.2) is 41.2 Å². The second kappa shape index (κ2) is 6.29. The van der Waals surface area contributed by atoms with Crippen molar-refractivity contribution in [3.63, 3.8) is 0 Å². The number of nitrogens with zero attached hydrogens (tertiary/aromatic N) is 2. The first-order chi connectivity index (χ1) is 11.1. The van der Waals surface area contributed by atoms with Gasteiger partial charge in [0, 0.05) is 11.6 Å². The highest BCUT2D eigenvalue weighted by Crippen LogP contribution is 2.39. The van der Waals surface area contributed by atoms with Crippen molar-refractivity contribution < 1.29 is 4.74 Å². The predicted octanol–water partition coefficient (Wildman–Crippen LogP) is 3.76.